The molecule has 3 N–H and O–H groups in total. The van der Waals surface area contributed by atoms with Crippen LogP contribution in [0.25, 0.3) is 0 Å². The van der Waals surface area contributed by atoms with E-state index in [1.54, 1.807) is 0 Å². The second kappa shape index (κ2) is 10.4. The number of hydrogen-bond donors (Lipinski definition) is 3. The molecule has 2 aliphatic rings. The first-order valence-corrected chi connectivity index (χ1v) is 11.1. The normalized spacial score (nSPS) is 38.4. The standard InChI is InChI=1S/C16H30B2NO8P/c1-8(2)23-7-12-15(14(20)16(18)26-12)27-28(21,22)19-6-11-10(24-9(3)4)5-13(17)25-11/h8-16,20H,5-7H2,1-4H3,(H2,19,21,22). The molecule has 0 aromatic heterocycles. The SMILES string of the molecule is [B]C1CC(OC(C)C)C(CNP(=O)(O)OC2C(COC(C)C)OC([B])C2O)O1. The predicted octanol–water partition coefficient (Wildman–Crippen LogP) is -0.182. The maximum atomic E-state index is 12.5. The molecular weight excluding hydrogens is 387 g/mol. The van der Waals surface area contributed by atoms with Gasteiger partial charge in [0.25, 0.3) is 0 Å². The lowest BCUT2D eigenvalue weighted by atomic mass is 9.93. The molecule has 4 radical (unpaired) electrons. The Bertz CT molecular complexity index is 543. The van der Waals surface area contributed by atoms with Crippen LogP contribution in [0.4, 0.5) is 0 Å². The van der Waals surface area contributed by atoms with E-state index in [9.17, 15) is 14.6 Å². The van der Waals surface area contributed by atoms with Crippen LogP contribution >= 0.6 is 7.75 Å². The minimum absolute atomic E-state index is 0.0122. The maximum Gasteiger partial charge on any atom is 0.403 e. The van der Waals surface area contributed by atoms with Crippen molar-refractivity contribution in [3.8, 4) is 0 Å². The van der Waals surface area contributed by atoms with Crippen LogP contribution in [0.1, 0.15) is 34.1 Å². The summed E-state index contributed by atoms with van der Waals surface area (Å²) in [5.41, 5.74) is 0. The Morgan fingerprint density at radius 2 is 1.86 bits per heavy atom. The molecule has 0 aromatic carbocycles. The van der Waals surface area contributed by atoms with E-state index in [4.69, 9.17) is 39.2 Å². The van der Waals surface area contributed by atoms with Gasteiger partial charge >= 0.3 is 7.75 Å². The lowest BCUT2D eigenvalue weighted by Gasteiger charge is -2.26. The highest BCUT2D eigenvalue weighted by atomic mass is 31.2. The molecule has 2 saturated heterocycles. The van der Waals surface area contributed by atoms with Crippen LogP contribution < -0.4 is 5.09 Å². The van der Waals surface area contributed by atoms with E-state index in [0.717, 1.165) is 0 Å². The number of nitrogens with one attached hydrogen (secondary N) is 1. The summed E-state index contributed by atoms with van der Waals surface area (Å²) in [4.78, 5) is 10.2. The molecule has 2 rings (SSSR count). The van der Waals surface area contributed by atoms with Crippen LogP contribution in [0.3, 0.4) is 0 Å². The molecule has 0 bridgehead atoms. The fourth-order valence-corrected chi connectivity index (χ4v) is 4.22. The molecule has 2 fully saturated rings. The average molecular weight is 417 g/mol. The summed E-state index contributed by atoms with van der Waals surface area (Å²) in [5.74, 6) is 0. The predicted molar refractivity (Wildman–Crippen MR) is 103 cm³/mol. The average Bonchev–Trinajstić information content (AvgIpc) is 3.04. The van der Waals surface area contributed by atoms with E-state index < -0.39 is 44.2 Å². The van der Waals surface area contributed by atoms with Gasteiger partial charge < -0.3 is 28.9 Å². The van der Waals surface area contributed by atoms with Gasteiger partial charge in [-0.1, -0.05) is 0 Å². The van der Waals surface area contributed by atoms with Gasteiger partial charge in [-0.05, 0) is 34.1 Å². The molecule has 0 saturated carbocycles. The minimum atomic E-state index is -4.30. The van der Waals surface area contributed by atoms with Gasteiger partial charge in [0.1, 0.15) is 34.0 Å². The number of ether oxygens (including phenoxy) is 4. The highest BCUT2D eigenvalue weighted by molar-refractivity contribution is 7.50. The van der Waals surface area contributed by atoms with Crippen LogP contribution in [0.15, 0.2) is 0 Å². The maximum absolute atomic E-state index is 12.5. The fraction of sp³-hybridized carbons (Fsp3) is 1.00. The summed E-state index contributed by atoms with van der Waals surface area (Å²) in [6.45, 7) is 7.50. The smallest absolute Gasteiger partial charge is 0.388 e. The van der Waals surface area contributed by atoms with E-state index in [1.807, 2.05) is 27.7 Å². The van der Waals surface area contributed by atoms with E-state index in [1.165, 1.54) is 0 Å². The zero-order chi connectivity index (χ0) is 21.1. The summed E-state index contributed by atoms with van der Waals surface area (Å²) in [7, 11) is 7.19. The molecule has 158 valence electrons. The lowest BCUT2D eigenvalue weighted by molar-refractivity contribution is -0.0466. The second-order valence-electron chi connectivity index (χ2n) is 7.64. The fourth-order valence-electron chi connectivity index (χ4n) is 3.15. The highest BCUT2D eigenvalue weighted by Gasteiger charge is 2.46. The van der Waals surface area contributed by atoms with Crippen molar-refractivity contribution in [2.75, 3.05) is 13.2 Å². The van der Waals surface area contributed by atoms with Gasteiger partial charge in [-0.15, -0.1) is 0 Å². The molecule has 0 spiro atoms. The Balaban J connectivity index is 1.93. The van der Waals surface area contributed by atoms with Gasteiger partial charge in [-0.3, -0.25) is 4.52 Å². The number of hydrogen-bond acceptors (Lipinski definition) is 7. The Morgan fingerprint density at radius 3 is 2.46 bits per heavy atom. The monoisotopic (exact) mass is 417 g/mol. The third-order valence-corrected chi connectivity index (χ3v) is 5.51. The van der Waals surface area contributed by atoms with Crippen molar-refractivity contribution >= 4 is 23.4 Å². The van der Waals surface area contributed by atoms with Gasteiger partial charge in [0, 0.05) is 18.6 Å². The van der Waals surface area contributed by atoms with Crippen molar-refractivity contribution in [2.45, 2.75) is 88.9 Å². The van der Waals surface area contributed by atoms with E-state index in [2.05, 4.69) is 5.09 Å². The molecule has 0 amide bonds. The van der Waals surface area contributed by atoms with Crippen molar-refractivity contribution in [3.63, 3.8) is 0 Å². The Morgan fingerprint density at radius 1 is 1.18 bits per heavy atom. The summed E-state index contributed by atoms with van der Waals surface area (Å²) < 4.78 is 39.9. The molecule has 8 unspecified atom stereocenters. The zero-order valence-corrected chi connectivity index (χ0v) is 17.7. The van der Waals surface area contributed by atoms with Gasteiger partial charge in [-0.2, -0.15) is 0 Å². The Hall–Kier alpha value is 0.0399. The second-order valence-corrected chi connectivity index (χ2v) is 9.20. The Kier molecular flexibility index (Phi) is 9.01. The van der Waals surface area contributed by atoms with Crippen molar-refractivity contribution in [2.24, 2.45) is 0 Å². The molecule has 2 aliphatic heterocycles. The van der Waals surface area contributed by atoms with Crippen LogP contribution in [0, 0.1) is 0 Å². The quantitative estimate of drug-likeness (QED) is 0.329. The first-order valence-electron chi connectivity index (χ1n) is 9.52. The molecule has 28 heavy (non-hydrogen) atoms. The molecule has 0 aromatic rings. The summed E-state index contributed by atoms with van der Waals surface area (Å²) in [5, 5.41) is 12.6. The number of rotatable bonds is 10. The van der Waals surface area contributed by atoms with Gasteiger partial charge in [0.2, 0.25) is 0 Å². The third-order valence-electron chi connectivity index (χ3n) is 4.40. The van der Waals surface area contributed by atoms with E-state index in [0.29, 0.717) is 6.42 Å². The highest BCUT2D eigenvalue weighted by Crippen LogP contribution is 2.42. The summed E-state index contributed by atoms with van der Waals surface area (Å²) in [6.07, 6.45) is -3.60. The number of aliphatic hydroxyl groups is 1. The molecular formula is C16H30B2NO8P. The summed E-state index contributed by atoms with van der Waals surface area (Å²) >= 11 is 0. The molecule has 8 atom stereocenters. The van der Waals surface area contributed by atoms with Crippen LogP contribution in [-0.2, 0) is 28.0 Å². The van der Waals surface area contributed by atoms with Gasteiger partial charge in [0.15, 0.2) is 0 Å². The van der Waals surface area contributed by atoms with Crippen molar-refractivity contribution in [3.05, 3.63) is 0 Å². The largest absolute Gasteiger partial charge is 0.403 e. The van der Waals surface area contributed by atoms with Crippen LogP contribution in [0.5, 0.6) is 0 Å². The molecule has 2 heterocycles. The first-order chi connectivity index (χ1) is 13.0. The Labute approximate surface area is 169 Å². The van der Waals surface area contributed by atoms with Crippen LogP contribution in [0.2, 0.25) is 0 Å². The van der Waals surface area contributed by atoms with Crippen LogP contribution in [-0.4, -0.2) is 93.6 Å². The van der Waals surface area contributed by atoms with Crippen molar-refractivity contribution in [1.29, 1.82) is 0 Å². The van der Waals surface area contributed by atoms with Gasteiger partial charge in [0.05, 0.1) is 31.0 Å². The summed E-state index contributed by atoms with van der Waals surface area (Å²) in [6, 6.07) is -1.54. The van der Waals surface area contributed by atoms with E-state index in [-0.39, 0.29) is 31.5 Å². The van der Waals surface area contributed by atoms with Gasteiger partial charge in [-0.25, -0.2) is 9.65 Å². The molecule has 9 nitrogen and oxygen atoms in total. The third kappa shape index (κ3) is 7.07. The number of aliphatic hydroxyl groups excluding tert-OH is 1. The first kappa shape index (κ1) is 24.3. The van der Waals surface area contributed by atoms with E-state index >= 15 is 0 Å². The zero-order valence-electron chi connectivity index (χ0n) is 16.8. The topological polar surface area (TPSA) is 116 Å². The van der Waals surface area contributed by atoms with Crippen molar-refractivity contribution < 1.29 is 38.0 Å². The lowest BCUT2D eigenvalue weighted by Crippen LogP contribution is -2.40. The van der Waals surface area contributed by atoms with Crippen molar-refractivity contribution in [1.82, 2.24) is 5.09 Å². The minimum Gasteiger partial charge on any atom is -0.388 e. The molecule has 0 aliphatic carbocycles. The molecule has 12 heteroatoms.